The summed E-state index contributed by atoms with van der Waals surface area (Å²) in [5.41, 5.74) is 1.08. The van der Waals surface area contributed by atoms with Gasteiger partial charge in [-0.15, -0.1) is 0 Å². The van der Waals surface area contributed by atoms with Crippen LogP contribution in [0.15, 0.2) is 24.3 Å². The maximum absolute atomic E-state index is 10.6. The number of benzene rings is 1. The second-order valence-corrected chi connectivity index (χ2v) is 3.77. The molecule has 2 nitrogen and oxygen atoms in total. The first kappa shape index (κ1) is 8.57. The minimum atomic E-state index is -0.694. The number of aliphatic carboxylic acids is 1. The number of carbonyl (C=O) groups is 1. The van der Waals surface area contributed by atoms with Crippen molar-refractivity contribution in [2.45, 2.75) is 12.3 Å². The summed E-state index contributed by atoms with van der Waals surface area (Å²) < 4.78 is 0. The molecule has 0 spiro atoms. The Morgan fingerprint density at radius 1 is 1.38 bits per heavy atom. The Labute approximate surface area is 81.1 Å². The summed E-state index contributed by atoms with van der Waals surface area (Å²) in [4.78, 5) is 10.6. The molecule has 0 unspecified atom stereocenters. The van der Waals surface area contributed by atoms with Crippen molar-refractivity contribution in [3.05, 3.63) is 34.9 Å². The molecular formula is C10H9ClO2. The molecule has 1 saturated carbocycles. The summed E-state index contributed by atoms with van der Waals surface area (Å²) in [5, 5.41) is 9.40. The lowest BCUT2D eigenvalue weighted by molar-refractivity contribution is -0.138. The molecule has 0 heterocycles. The summed E-state index contributed by atoms with van der Waals surface area (Å²) in [6, 6.07) is 7.40. The Hall–Kier alpha value is -1.02. The highest BCUT2D eigenvalue weighted by molar-refractivity contribution is 6.30. The first-order valence-corrected chi connectivity index (χ1v) is 4.54. The van der Waals surface area contributed by atoms with Gasteiger partial charge in [-0.25, -0.2) is 0 Å². The predicted molar refractivity (Wildman–Crippen MR) is 49.9 cm³/mol. The van der Waals surface area contributed by atoms with Gasteiger partial charge in [0.2, 0.25) is 0 Å². The molecule has 0 bridgehead atoms. The predicted octanol–water partition coefficient (Wildman–Crippen LogP) is 2.53. The van der Waals surface area contributed by atoms with Gasteiger partial charge in [-0.1, -0.05) is 23.7 Å². The first-order valence-electron chi connectivity index (χ1n) is 4.17. The standard InChI is InChI=1S/C10H9ClO2/c11-7-3-1-6(2-4-7)8-5-9(8)10(12)13/h1-4,8-9H,5H2,(H,12,13)/t8-,9+/m1/s1. The van der Waals surface area contributed by atoms with Crippen LogP contribution in [-0.2, 0) is 4.79 Å². The maximum Gasteiger partial charge on any atom is 0.307 e. The van der Waals surface area contributed by atoms with Crippen LogP contribution in [0, 0.1) is 5.92 Å². The highest BCUT2D eigenvalue weighted by atomic mass is 35.5. The quantitative estimate of drug-likeness (QED) is 0.789. The minimum Gasteiger partial charge on any atom is -0.481 e. The Bertz CT molecular complexity index is 331. The van der Waals surface area contributed by atoms with E-state index in [9.17, 15) is 4.79 Å². The van der Waals surface area contributed by atoms with Gasteiger partial charge in [0.15, 0.2) is 0 Å². The second-order valence-electron chi connectivity index (χ2n) is 3.34. The van der Waals surface area contributed by atoms with Gasteiger partial charge in [-0.2, -0.15) is 0 Å². The normalized spacial score (nSPS) is 25.6. The molecule has 3 heteroatoms. The van der Waals surface area contributed by atoms with E-state index in [0.29, 0.717) is 5.02 Å². The highest BCUT2D eigenvalue weighted by Crippen LogP contribution is 2.47. The topological polar surface area (TPSA) is 37.3 Å². The number of carboxylic acid groups (broad SMARTS) is 1. The zero-order valence-corrected chi connectivity index (χ0v) is 7.66. The molecule has 0 saturated heterocycles. The Morgan fingerprint density at radius 3 is 2.46 bits per heavy atom. The largest absolute Gasteiger partial charge is 0.481 e. The van der Waals surface area contributed by atoms with Crippen LogP contribution >= 0.6 is 11.6 Å². The molecule has 1 aromatic rings. The van der Waals surface area contributed by atoms with Crippen molar-refractivity contribution >= 4 is 17.6 Å². The van der Waals surface area contributed by atoms with Crippen LogP contribution in [0.2, 0.25) is 5.02 Å². The zero-order valence-electron chi connectivity index (χ0n) is 6.90. The van der Waals surface area contributed by atoms with Gasteiger partial charge in [-0.05, 0) is 30.0 Å². The molecule has 1 aliphatic carbocycles. The van der Waals surface area contributed by atoms with E-state index in [1.165, 1.54) is 0 Å². The minimum absolute atomic E-state index is 0.179. The van der Waals surface area contributed by atoms with E-state index in [1.807, 2.05) is 12.1 Å². The van der Waals surface area contributed by atoms with Crippen molar-refractivity contribution < 1.29 is 9.90 Å². The van der Waals surface area contributed by atoms with Gasteiger partial charge < -0.3 is 5.11 Å². The van der Waals surface area contributed by atoms with Crippen LogP contribution in [0.4, 0.5) is 0 Å². The van der Waals surface area contributed by atoms with Crippen LogP contribution in [0.25, 0.3) is 0 Å². The molecule has 2 atom stereocenters. The smallest absolute Gasteiger partial charge is 0.307 e. The van der Waals surface area contributed by atoms with Crippen molar-refractivity contribution in [2.75, 3.05) is 0 Å². The third-order valence-corrected chi connectivity index (χ3v) is 2.66. The second kappa shape index (κ2) is 3.04. The molecule has 1 fully saturated rings. The van der Waals surface area contributed by atoms with E-state index in [1.54, 1.807) is 12.1 Å². The molecule has 1 N–H and O–H groups in total. The number of halogens is 1. The number of rotatable bonds is 2. The van der Waals surface area contributed by atoms with Crippen LogP contribution < -0.4 is 0 Å². The van der Waals surface area contributed by atoms with Crippen LogP contribution in [0.5, 0.6) is 0 Å². The molecule has 68 valence electrons. The fraction of sp³-hybridized carbons (Fsp3) is 0.300. The van der Waals surface area contributed by atoms with Crippen molar-refractivity contribution in [1.29, 1.82) is 0 Å². The maximum atomic E-state index is 10.6. The lowest BCUT2D eigenvalue weighted by Crippen LogP contribution is -1.98. The molecule has 0 aliphatic heterocycles. The number of hydrogen-bond donors (Lipinski definition) is 1. The lowest BCUT2D eigenvalue weighted by atomic mass is 10.1. The van der Waals surface area contributed by atoms with Gasteiger partial charge in [-0.3, -0.25) is 4.79 Å². The summed E-state index contributed by atoms with van der Waals surface area (Å²) in [6.45, 7) is 0. The van der Waals surface area contributed by atoms with Crippen molar-refractivity contribution in [1.82, 2.24) is 0 Å². The summed E-state index contributed by atoms with van der Waals surface area (Å²) in [5.74, 6) is -0.670. The lowest BCUT2D eigenvalue weighted by Gasteiger charge is -1.97. The van der Waals surface area contributed by atoms with Crippen molar-refractivity contribution in [2.24, 2.45) is 5.92 Å². The Kier molecular flexibility index (Phi) is 2.00. The number of carboxylic acids is 1. The van der Waals surface area contributed by atoms with Gasteiger partial charge in [0.25, 0.3) is 0 Å². The molecule has 0 radical (unpaired) electrons. The molecule has 13 heavy (non-hydrogen) atoms. The van der Waals surface area contributed by atoms with E-state index in [0.717, 1.165) is 12.0 Å². The van der Waals surface area contributed by atoms with Gasteiger partial charge in [0.1, 0.15) is 0 Å². The zero-order chi connectivity index (χ0) is 9.42. The van der Waals surface area contributed by atoms with Crippen molar-refractivity contribution in [3.63, 3.8) is 0 Å². The molecule has 1 aliphatic rings. The third kappa shape index (κ3) is 1.68. The number of hydrogen-bond acceptors (Lipinski definition) is 1. The fourth-order valence-electron chi connectivity index (χ4n) is 1.55. The third-order valence-electron chi connectivity index (χ3n) is 2.41. The van der Waals surface area contributed by atoms with Crippen LogP contribution in [0.1, 0.15) is 17.9 Å². The van der Waals surface area contributed by atoms with E-state index >= 15 is 0 Å². The average Bonchev–Trinajstić information content (AvgIpc) is 2.85. The SMILES string of the molecule is O=C(O)[C@H]1C[C@@H]1c1ccc(Cl)cc1. The van der Waals surface area contributed by atoms with Gasteiger partial charge in [0.05, 0.1) is 5.92 Å². The van der Waals surface area contributed by atoms with E-state index < -0.39 is 5.97 Å². The summed E-state index contributed by atoms with van der Waals surface area (Å²) in [7, 11) is 0. The van der Waals surface area contributed by atoms with Crippen LogP contribution in [0.3, 0.4) is 0 Å². The van der Waals surface area contributed by atoms with Crippen LogP contribution in [-0.4, -0.2) is 11.1 Å². The Balaban J connectivity index is 2.12. The summed E-state index contributed by atoms with van der Waals surface area (Å²) >= 11 is 5.72. The van der Waals surface area contributed by atoms with Crippen molar-refractivity contribution in [3.8, 4) is 0 Å². The molecule has 0 aromatic heterocycles. The molecule has 1 aromatic carbocycles. The summed E-state index contributed by atoms with van der Waals surface area (Å²) in [6.07, 6.45) is 0.761. The van der Waals surface area contributed by atoms with E-state index in [2.05, 4.69) is 0 Å². The monoisotopic (exact) mass is 196 g/mol. The highest BCUT2D eigenvalue weighted by Gasteiger charge is 2.43. The fourth-order valence-corrected chi connectivity index (χ4v) is 1.67. The van der Waals surface area contributed by atoms with Gasteiger partial charge >= 0.3 is 5.97 Å². The molecule has 0 amide bonds. The Morgan fingerprint density at radius 2 is 2.00 bits per heavy atom. The van der Waals surface area contributed by atoms with Gasteiger partial charge in [0, 0.05) is 5.02 Å². The van der Waals surface area contributed by atoms with E-state index in [-0.39, 0.29) is 11.8 Å². The first-order chi connectivity index (χ1) is 6.18. The molecular weight excluding hydrogens is 188 g/mol. The van der Waals surface area contributed by atoms with E-state index in [4.69, 9.17) is 16.7 Å². The average molecular weight is 197 g/mol. The molecule has 2 rings (SSSR count).